The van der Waals surface area contributed by atoms with Crippen LogP contribution in [0.2, 0.25) is 0 Å². The van der Waals surface area contributed by atoms with E-state index in [-0.39, 0.29) is 5.82 Å². The lowest BCUT2D eigenvalue weighted by atomic mass is 9.81. The summed E-state index contributed by atoms with van der Waals surface area (Å²) in [6.07, 6.45) is 3.79. The van der Waals surface area contributed by atoms with Crippen molar-refractivity contribution in [3.05, 3.63) is 96.3 Å². The van der Waals surface area contributed by atoms with Gasteiger partial charge >= 0.3 is 0 Å². The zero-order valence-electron chi connectivity index (χ0n) is 21.3. The summed E-state index contributed by atoms with van der Waals surface area (Å²) in [6, 6.07) is 20.6. The molecule has 0 saturated heterocycles. The predicted molar refractivity (Wildman–Crippen MR) is 146 cm³/mol. The van der Waals surface area contributed by atoms with Crippen molar-refractivity contribution in [1.29, 1.82) is 0 Å². The third-order valence-electron chi connectivity index (χ3n) is 6.65. The van der Waals surface area contributed by atoms with E-state index < -0.39 is 5.41 Å². The van der Waals surface area contributed by atoms with E-state index in [0.717, 1.165) is 45.4 Å². The van der Waals surface area contributed by atoms with E-state index in [1.807, 2.05) is 48.9 Å². The van der Waals surface area contributed by atoms with Gasteiger partial charge in [0.2, 0.25) is 0 Å². The Labute approximate surface area is 220 Å². The van der Waals surface area contributed by atoms with Crippen LogP contribution in [0.3, 0.4) is 0 Å². The number of halogens is 1. The van der Waals surface area contributed by atoms with Crippen LogP contribution in [-0.2, 0) is 12.0 Å². The second-order valence-electron chi connectivity index (χ2n) is 9.21. The van der Waals surface area contributed by atoms with Gasteiger partial charge in [-0.3, -0.25) is 4.57 Å². The number of hydrogen-bond donors (Lipinski definition) is 0. The smallest absolute Gasteiger partial charge is 0.172 e. The molecule has 0 aliphatic carbocycles. The third-order valence-corrected chi connectivity index (χ3v) is 7.58. The molecular formula is C29H29FN4O2S. The summed E-state index contributed by atoms with van der Waals surface area (Å²) in [7, 11) is 3.26. The zero-order valence-corrected chi connectivity index (χ0v) is 22.1. The molecule has 0 unspecified atom stereocenters. The van der Waals surface area contributed by atoms with Crippen LogP contribution in [0.15, 0.2) is 84.4 Å². The zero-order chi connectivity index (χ0) is 26.0. The van der Waals surface area contributed by atoms with Crippen LogP contribution in [-0.4, -0.2) is 39.1 Å². The number of benzene rings is 3. The number of thioether (sulfide) groups is 1. The van der Waals surface area contributed by atoms with Crippen molar-refractivity contribution in [3.8, 4) is 17.2 Å². The number of hydrogen-bond acceptors (Lipinski definition) is 5. The number of fused-ring (bicyclic) bond motifs is 1. The average Bonchev–Trinajstić information content (AvgIpc) is 3.54. The fraction of sp³-hybridized carbons (Fsp3) is 0.241. The molecule has 0 atom stereocenters. The van der Waals surface area contributed by atoms with E-state index in [9.17, 15) is 4.39 Å². The fourth-order valence-electron chi connectivity index (χ4n) is 4.51. The van der Waals surface area contributed by atoms with Gasteiger partial charge in [-0.25, -0.2) is 14.4 Å². The Morgan fingerprint density at radius 1 is 0.919 bits per heavy atom. The minimum absolute atomic E-state index is 0.272. The van der Waals surface area contributed by atoms with E-state index >= 15 is 0 Å². The first-order valence-electron chi connectivity index (χ1n) is 12.0. The summed E-state index contributed by atoms with van der Waals surface area (Å²) in [5, 5.41) is 0.847. The number of imidazole rings is 2. The van der Waals surface area contributed by atoms with E-state index in [0.29, 0.717) is 11.5 Å². The van der Waals surface area contributed by atoms with Gasteiger partial charge in [0.1, 0.15) is 5.82 Å². The van der Waals surface area contributed by atoms with Crippen LogP contribution in [0.25, 0.3) is 16.7 Å². The highest BCUT2D eigenvalue weighted by atomic mass is 32.2. The van der Waals surface area contributed by atoms with Gasteiger partial charge in [0.05, 0.1) is 43.5 Å². The summed E-state index contributed by atoms with van der Waals surface area (Å²) in [5.74, 6) is 1.88. The molecule has 6 nitrogen and oxygen atoms in total. The quantitative estimate of drug-likeness (QED) is 0.210. The van der Waals surface area contributed by atoms with Crippen molar-refractivity contribution in [2.24, 2.45) is 0 Å². The first-order valence-corrected chi connectivity index (χ1v) is 13.0. The molecule has 5 rings (SSSR count). The number of nitrogens with zero attached hydrogens (tertiary/aromatic N) is 4. The summed E-state index contributed by atoms with van der Waals surface area (Å²) in [5.41, 5.74) is 4.56. The SMILES string of the molecule is COc1ccc(C(C)(C)c2cnc(SCCn3cnc4ccccc43)n2-c2ccc(F)cc2)cc1OC. The Morgan fingerprint density at radius 2 is 1.68 bits per heavy atom. The van der Waals surface area contributed by atoms with Gasteiger partial charge in [0.25, 0.3) is 0 Å². The molecule has 3 aromatic carbocycles. The first-order chi connectivity index (χ1) is 17.9. The molecule has 2 aromatic heterocycles. The van der Waals surface area contributed by atoms with Crippen LogP contribution in [0, 0.1) is 5.82 Å². The van der Waals surface area contributed by atoms with Gasteiger partial charge in [0.15, 0.2) is 16.7 Å². The minimum Gasteiger partial charge on any atom is -0.493 e. The molecule has 0 aliphatic heterocycles. The van der Waals surface area contributed by atoms with Crippen molar-refractivity contribution in [2.45, 2.75) is 31.0 Å². The Bertz CT molecular complexity index is 1530. The maximum absolute atomic E-state index is 13.8. The molecule has 0 aliphatic rings. The largest absolute Gasteiger partial charge is 0.493 e. The maximum atomic E-state index is 13.8. The Kier molecular flexibility index (Phi) is 6.93. The third kappa shape index (κ3) is 4.81. The van der Waals surface area contributed by atoms with Gasteiger partial charge in [-0.1, -0.05) is 43.8 Å². The molecule has 190 valence electrons. The standard InChI is InChI=1S/C29H29FN4O2S/c1-29(2,20-9-14-25(35-3)26(17-20)36-4)27-18-31-28(34(27)22-12-10-21(30)11-13-22)37-16-15-33-19-32-23-7-5-6-8-24(23)33/h5-14,17-19H,15-16H2,1-4H3. The summed E-state index contributed by atoms with van der Waals surface area (Å²) < 4.78 is 29.1. The maximum Gasteiger partial charge on any atom is 0.172 e. The number of rotatable bonds is 9. The normalized spacial score (nSPS) is 11.7. The molecule has 0 radical (unpaired) electrons. The molecule has 0 fully saturated rings. The topological polar surface area (TPSA) is 54.1 Å². The molecule has 8 heteroatoms. The highest BCUT2D eigenvalue weighted by Gasteiger charge is 2.30. The van der Waals surface area contributed by atoms with Crippen molar-refractivity contribution >= 4 is 22.8 Å². The predicted octanol–water partition coefficient (Wildman–Crippen LogP) is 6.50. The minimum atomic E-state index is -0.430. The Hall–Kier alpha value is -3.78. The first kappa shape index (κ1) is 24.9. The molecule has 0 amide bonds. The second-order valence-corrected chi connectivity index (χ2v) is 10.3. The van der Waals surface area contributed by atoms with Gasteiger partial charge in [-0.15, -0.1) is 0 Å². The van der Waals surface area contributed by atoms with E-state index in [4.69, 9.17) is 14.5 Å². The Morgan fingerprint density at radius 3 is 2.43 bits per heavy atom. The molecule has 2 heterocycles. The average molecular weight is 517 g/mol. The van der Waals surface area contributed by atoms with Gasteiger partial charge in [-0.2, -0.15) is 0 Å². The van der Waals surface area contributed by atoms with Crippen LogP contribution < -0.4 is 9.47 Å². The van der Waals surface area contributed by atoms with Gasteiger partial charge < -0.3 is 14.0 Å². The monoisotopic (exact) mass is 516 g/mol. The van der Waals surface area contributed by atoms with E-state index in [2.05, 4.69) is 34.0 Å². The van der Waals surface area contributed by atoms with Crippen molar-refractivity contribution in [2.75, 3.05) is 20.0 Å². The molecule has 0 saturated carbocycles. The molecular weight excluding hydrogens is 487 g/mol. The molecule has 37 heavy (non-hydrogen) atoms. The Balaban J connectivity index is 1.49. The highest BCUT2D eigenvalue weighted by molar-refractivity contribution is 7.99. The van der Waals surface area contributed by atoms with Crippen LogP contribution in [0.4, 0.5) is 4.39 Å². The van der Waals surface area contributed by atoms with Crippen LogP contribution in [0.1, 0.15) is 25.1 Å². The number of aryl methyl sites for hydroxylation is 1. The number of para-hydroxylation sites is 2. The second kappa shape index (κ2) is 10.3. The highest BCUT2D eigenvalue weighted by Crippen LogP contribution is 2.39. The number of aromatic nitrogens is 4. The van der Waals surface area contributed by atoms with Crippen molar-refractivity contribution in [1.82, 2.24) is 19.1 Å². The van der Waals surface area contributed by atoms with E-state index in [1.165, 1.54) is 12.1 Å². The summed E-state index contributed by atoms with van der Waals surface area (Å²) in [6.45, 7) is 5.09. The lowest BCUT2D eigenvalue weighted by molar-refractivity contribution is 0.353. The number of ether oxygens (including phenoxy) is 2. The van der Waals surface area contributed by atoms with Crippen molar-refractivity contribution < 1.29 is 13.9 Å². The summed E-state index contributed by atoms with van der Waals surface area (Å²) in [4.78, 5) is 9.31. The lowest BCUT2D eigenvalue weighted by Crippen LogP contribution is -2.23. The van der Waals surface area contributed by atoms with Crippen molar-refractivity contribution in [3.63, 3.8) is 0 Å². The molecule has 0 bridgehead atoms. The molecule has 5 aromatic rings. The number of methoxy groups -OCH3 is 2. The molecule has 0 N–H and O–H groups in total. The van der Waals surface area contributed by atoms with Crippen LogP contribution >= 0.6 is 11.8 Å². The van der Waals surface area contributed by atoms with E-state index in [1.54, 1.807) is 38.1 Å². The summed E-state index contributed by atoms with van der Waals surface area (Å²) >= 11 is 1.66. The lowest BCUT2D eigenvalue weighted by Gasteiger charge is -2.28. The molecule has 0 spiro atoms. The van der Waals surface area contributed by atoms with Crippen LogP contribution in [0.5, 0.6) is 11.5 Å². The fourth-order valence-corrected chi connectivity index (χ4v) is 5.44. The van der Waals surface area contributed by atoms with Gasteiger partial charge in [0, 0.05) is 23.4 Å². The van der Waals surface area contributed by atoms with Gasteiger partial charge in [-0.05, 0) is 54.1 Å².